The van der Waals surface area contributed by atoms with Crippen molar-refractivity contribution in [3.8, 4) is 0 Å². The highest BCUT2D eigenvalue weighted by molar-refractivity contribution is 14.1. The second kappa shape index (κ2) is 7.82. The van der Waals surface area contributed by atoms with E-state index < -0.39 is 0 Å². The van der Waals surface area contributed by atoms with Crippen LogP contribution >= 0.6 is 34.4 Å². The zero-order chi connectivity index (χ0) is 15.3. The smallest absolute Gasteiger partial charge is 0.143 e. The summed E-state index contributed by atoms with van der Waals surface area (Å²) in [4.78, 5) is 9.47. The Hall–Kier alpha value is -0.0400. The summed E-state index contributed by atoms with van der Waals surface area (Å²) in [6, 6.07) is 0. The molecule has 3 nitrogen and oxygen atoms in total. The van der Waals surface area contributed by atoms with Crippen LogP contribution in [0.1, 0.15) is 65.4 Å². The minimum atomic E-state index is 0.237. The van der Waals surface area contributed by atoms with Crippen molar-refractivity contribution in [2.75, 3.05) is 11.9 Å². The molecular formula is C15H26IN3S. The number of halogens is 1. The second-order valence-corrected chi connectivity index (χ2v) is 9.05. The van der Waals surface area contributed by atoms with Gasteiger partial charge in [0.15, 0.2) is 0 Å². The van der Waals surface area contributed by atoms with Crippen LogP contribution in [-0.2, 0) is 5.75 Å². The summed E-state index contributed by atoms with van der Waals surface area (Å²) in [6.45, 7) is 14.2. The van der Waals surface area contributed by atoms with Crippen molar-refractivity contribution in [2.24, 2.45) is 0 Å². The lowest BCUT2D eigenvalue weighted by molar-refractivity contribution is 0.781. The molecule has 0 atom stereocenters. The number of thioether (sulfide) groups is 1. The first kappa shape index (κ1) is 18.0. The summed E-state index contributed by atoms with van der Waals surface area (Å²) in [7, 11) is 0. The van der Waals surface area contributed by atoms with Crippen molar-refractivity contribution < 1.29 is 0 Å². The lowest BCUT2D eigenvalue weighted by Gasteiger charge is -2.19. The predicted molar refractivity (Wildman–Crippen MR) is 98.7 cm³/mol. The van der Waals surface area contributed by atoms with Crippen LogP contribution in [0.3, 0.4) is 0 Å². The molecule has 0 aliphatic rings. The molecule has 0 bridgehead atoms. The quantitative estimate of drug-likeness (QED) is 0.669. The molecular weight excluding hydrogens is 381 g/mol. The van der Waals surface area contributed by atoms with E-state index in [1.807, 2.05) is 11.8 Å². The van der Waals surface area contributed by atoms with Crippen LogP contribution in [0.2, 0.25) is 0 Å². The molecule has 0 spiro atoms. The predicted octanol–water partition coefficient (Wildman–Crippen LogP) is 5.06. The Labute approximate surface area is 141 Å². The molecule has 0 amide bonds. The van der Waals surface area contributed by atoms with Crippen LogP contribution < -0.4 is 5.32 Å². The van der Waals surface area contributed by atoms with E-state index in [1.54, 1.807) is 0 Å². The van der Waals surface area contributed by atoms with Crippen molar-refractivity contribution in [2.45, 2.75) is 64.4 Å². The van der Waals surface area contributed by atoms with Gasteiger partial charge < -0.3 is 5.32 Å². The monoisotopic (exact) mass is 407 g/mol. The number of nitrogens with zero attached hydrogens (tertiary/aromatic N) is 2. The van der Waals surface area contributed by atoms with Gasteiger partial charge in [-0.3, -0.25) is 0 Å². The van der Waals surface area contributed by atoms with Crippen molar-refractivity contribution >= 4 is 40.2 Å². The van der Waals surface area contributed by atoms with Gasteiger partial charge in [0, 0.05) is 11.3 Å². The molecule has 5 heteroatoms. The van der Waals surface area contributed by atoms with Gasteiger partial charge in [0.25, 0.3) is 0 Å². The summed E-state index contributed by atoms with van der Waals surface area (Å²) in [6.07, 6.45) is 1.10. The highest BCUT2D eigenvalue weighted by atomic mass is 127. The number of aromatic nitrogens is 2. The molecule has 0 saturated carbocycles. The van der Waals surface area contributed by atoms with Gasteiger partial charge in [0.1, 0.15) is 11.6 Å². The lowest BCUT2D eigenvalue weighted by Crippen LogP contribution is -2.13. The first-order valence-electron chi connectivity index (χ1n) is 7.18. The largest absolute Gasteiger partial charge is 0.369 e. The molecule has 0 aliphatic carbocycles. The third-order valence-electron chi connectivity index (χ3n) is 2.65. The zero-order valence-electron chi connectivity index (χ0n) is 13.4. The van der Waals surface area contributed by atoms with Crippen LogP contribution in [-0.4, -0.2) is 21.3 Å². The molecule has 0 fully saturated rings. The zero-order valence-corrected chi connectivity index (χ0v) is 16.4. The van der Waals surface area contributed by atoms with E-state index in [9.17, 15) is 0 Å². The molecule has 114 valence electrons. The fourth-order valence-corrected chi connectivity index (χ4v) is 3.35. The van der Waals surface area contributed by atoms with Crippen molar-refractivity contribution in [3.05, 3.63) is 15.1 Å². The van der Waals surface area contributed by atoms with Crippen LogP contribution in [0.4, 0.5) is 5.82 Å². The topological polar surface area (TPSA) is 37.8 Å². The van der Waals surface area contributed by atoms with E-state index in [4.69, 9.17) is 9.97 Å². The Morgan fingerprint density at radius 2 is 1.90 bits per heavy atom. The molecule has 1 N–H and O–H groups in total. The Morgan fingerprint density at radius 1 is 1.25 bits per heavy atom. The van der Waals surface area contributed by atoms with Gasteiger partial charge in [-0.25, -0.2) is 9.97 Å². The van der Waals surface area contributed by atoms with Crippen LogP contribution in [0.15, 0.2) is 0 Å². The van der Waals surface area contributed by atoms with Gasteiger partial charge in [-0.15, -0.1) is 11.8 Å². The third kappa shape index (κ3) is 5.76. The average molecular weight is 407 g/mol. The molecule has 1 heterocycles. The Bertz CT molecular complexity index is 441. The van der Waals surface area contributed by atoms with Gasteiger partial charge >= 0.3 is 0 Å². The number of nitrogens with one attached hydrogen (secondary N) is 1. The summed E-state index contributed by atoms with van der Waals surface area (Å²) in [5.74, 6) is 3.22. The highest BCUT2D eigenvalue weighted by Gasteiger charge is 2.17. The van der Waals surface area contributed by atoms with E-state index in [2.05, 4.69) is 69.5 Å². The minimum absolute atomic E-state index is 0.237. The summed E-state index contributed by atoms with van der Waals surface area (Å²) in [5.41, 5.74) is 1.16. The molecule has 20 heavy (non-hydrogen) atoms. The molecule has 0 aromatic carbocycles. The van der Waals surface area contributed by atoms with Crippen molar-refractivity contribution in [3.63, 3.8) is 0 Å². The highest BCUT2D eigenvalue weighted by Crippen LogP contribution is 2.29. The number of anilines is 1. The van der Waals surface area contributed by atoms with Gasteiger partial charge in [-0.1, -0.05) is 41.5 Å². The fourth-order valence-electron chi connectivity index (χ4n) is 1.60. The summed E-state index contributed by atoms with van der Waals surface area (Å²) in [5, 5.41) is 3.43. The maximum atomic E-state index is 4.76. The van der Waals surface area contributed by atoms with E-state index in [-0.39, 0.29) is 4.75 Å². The molecule has 1 aromatic heterocycles. The van der Waals surface area contributed by atoms with Crippen LogP contribution in [0.25, 0.3) is 0 Å². The van der Waals surface area contributed by atoms with Gasteiger partial charge in [0.05, 0.1) is 15.0 Å². The Kier molecular flexibility index (Phi) is 7.04. The normalized spacial score (nSPS) is 12.0. The number of hydrogen-bond acceptors (Lipinski definition) is 4. The van der Waals surface area contributed by atoms with Gasteiger partial charge in [-0.05, 0) is 34.9 Å². The summed E-state index contributed by atoms with van der Waals surface area (Å²) < 4.78 is 1.40. The van der Waals surface area contributed by atoms with E-state index >= 15 is 0 Å². The summed E-state index contributed by atoms with van der Waals surface area (Å²) >= 11 is 4.25. The molecule has 0 unspecified atom stereocenters. The Balaban J connectivity index is 3.02. The number of rotatable bonds is 6. The number of hydrogen-bond donors (Lipinski definition) is 1. The standard InChI is InChI=1S/C15H26IN3S/c1-7-8-17-14-12(16)13(10(2)3)18-11(19-14)9-20-15(4,5)6/h10H,7-9H2,1-6H3,(H,17,18,19). The van der Waals surface area contributed by atoms with Gasteiger partial charge in [-0.2, -0.15) is 0 Å². The third-order valence-corrected chi connectivity index (χ3v) is 4.98. The van der Waals surface area contributed by atoms with E-state index in [0.29, 0.717) is 5.92 Å². The van der Waals surface area contributed by atoms with Crippen LogP contribution in [0.5, 0.6) is 0 Å². The van der Waals surface area contributed by atoms with Crippen molar-refractivity contribution in [1.82, 2.24) is 9.97 Å². The first-order valence-corrected chi connectivity index (χ1v) is 9.25. The Morgan fingerprint density at radius 3 is 2.40 bits per heavy atom. The lowest BCUT2D eigenvalue weighted by atomic mass is 10.1. The maximum Gasteiger partial charge on any atom is 0.143 e. The van der Waals surface area contributed by atoms with E-state index in [1.165, 1.54) is 0 Å². The second-order valence-electron chi connectivity index (χ2n) is 6.17. The van der Waals surface area contributed by atoms with E-state index in [0.717, 1.165) is 39.6 Å². The molecule has 0 radical (unpaired) electrons. The molecule has 0 aliphatic heterocycles. The average Bonchev–Trinajstić information content (AvgIpc) is 2.34. The maximum absolute atomic E-state index is 4.76. The van der Waals surface area contributed by atoms with Gasteiger partial charge in [0.2, 0.25) is 0 Å². The SMILES string of the molecule is CCCNc1nc(CSC(C)(C)C)nc(C(C)C)c1I. The first-order chi connectivity index (χ1) is 9.24. The molecule has 1 aromatic rings. The van der Waals surface area contributed by atoms with Crippen molar-refractivity contribution in [1.29, 1.82) is 0 Å². The fraction of sp³-hybridized carbons (Fsp3) is 0.733. The van der Waals surface area contributed by atoms with Crippen LogP contribution in [0, 0.1) is 3.57 Å². The molecule has 0 saturated heterocycles. The molecule has 1 rings (SSSR count). The minimum Gasteiger partial charge on any atom is -0.369 e.